The second-order valence-electron chi connectivity index (χ2n) is 5.67. The van der Waals surface area contributed by atoms with Gasteiger partial charge in [0.05, 0.1) is 12.1 Å². The second kappa shape index (κ2) is 9.62. The number of carbonyl (C=O) groups excluding carboxylic acids is 1. The second-order valence-corrected chi connectivity index (χ2v) is 5.67. The van der Waals surface area contributed by atoms with Gasteiger partial charge >= 0.3 is 29.6 Å². The molecular weight excluding hydrogens is 313 g/mol. The van der Waals surface area contributed by atoms with Crippen LogP contribution in [0.25, 0.3) is 6.08 Å². The van der Waals surface area contributed by atoms with Gasteiger partial charge in [-0.05, 0) is 43.5 Å². The van der Waals surface area contributed by atoms with E-state index in [9.17, 15) is 9.90 Å². The van der Waals surface area contributed by atoms with Gasteiger partial charge < -0.3 is 14.6 Å². The Morgan fingerprint density at radius 1 is 1.25 bits per heavy atom. The van der Waals surface area contributed by atoms with Crippen LogP contribution in [0, 0.1) is 0 Å². The quantitative estimate of drug-likeness (QED) is 0.534. The van der Waals surface area contributed by atoms with Crippen molar-refractivity contribution in [1.82, 2.24) is 4.98 Å². The molecule has 2 aromatic rings. The Labute approximate surface area is 164 Å². The number of aliphatic carboxylic acids is 1. The molecule has 0 aliphatic rings. The number of benzene rings is 1. The maximum Gasteiger partial charge on any atom is 1.00 e. The van der Waals surface area contributed by atoms with Gasteiger partial charge in [0, 0.05) is 18.2 Å². The summed E-state index contributed by atoms with van der Waals surface area (Å²) in [5.41, 5.74) is 3.17. The summed E-state index contributed by atoms with van der Waals surface area (Å²) in [6.45, 7) is 5.47. The van der Waals surface area contributed by atoms with Crippen molar-refractivity contribution in [2.24, 2.45) is 0 Å². The van der Waals surface area contributed by atoms with E-state index < -0.39 is 5.97 Å². The minimum atomic E-state index is -1.15. The summed E-state index contributed by atoms with van der Waals surface area (Å²) in [7, 11) is 0. The molecule has 0 aliphatic carbocycles. The van der Waals surface area contributed by atoms with E-state index in [1.807, 2.05) is 50.2 Å². The molecule has 0 radical (unpaired) electrons. The molecule has 120 valence electrons. The monoisotopic (exact) mass is 333 g/mol. The normalized spacial score (nSPS) is 11.1. The number of rotatable bonds is 6. The van der Waals surface area contributed by atoms with E-state index in [0.29, 0.717) is 12.3 Å². The molecule has 0 bridgehead atoms. The van der Waals surface area contributed by atoms with Crippen molar-refractivity contribution in [3.8, 4) is 5.88 Å². The molecule has 0 atom stereocenters. The SMILES string of the molecule is CC(=Cc1ccc(Cc2cccnc2OC(C)C)cc1)C(=O)[O-].[Na+]. The molecule has 0 saturated carbocycles. The van der Waals surface area contributed by atoms with E-state index in [2.05, 4.69) is 4.98 Å². The van der Waals surface area contributed by atoms with Crippen molar-refractivity contribution < 1.29 is 44.2 Å². The van der Waals surface area contributed by atoms with Crippen molar-refractivity contribution in [1.29, 1.82) is 0 Å². The van der Waals surface area contributed by atoms with Crippen molar-refractivity contribution in [2.45, 2.75) is 33.3 Å². The summed E-state index contributed by atoms with van der Waals surface area (Å²) in [5.74, 6) is -0.501. The van der Waals surface area contributed by atoms with E-state index in [-0.39, 0.29) is 41.2 Å². The summed E-state index contributed by atoms with van der Waals surface area (Å²) >= 11 is 0. The van der Waals surface area contributed by atoms with Gasteiger partial charge in [0.1, 0.15) is 0 Å². The molecule has 0 unspecified atom stereocenters. The van der Waals surface area contributed by atoms with Crippen LogP contribution in [0.5, 0.6) is 5.88 Å². The standard InChI is InChI=1S/C19H21NO3.Na/c1-13(2)23-18-17(5-4-10-20-18)12-16-8-6-15(7-9-16)11-14(3)19(21)22;/h4-11,13H,12H2,1-3H3,(H,21,22);/q;+1/p-1. The first-order valence-electron chi connectivity index (χ1n) is 7.55. The fourth-order valence-electron chi connectivity index (χ4n) is 2.15. The van der Waals surface area contributed by atoms with Gasteiger partial charge in [0.2, 0.25) is 5.88 Å². The van der Waals surface area contributed by atoms with Crippen LogP contribution in [-0.2, 0) is 11.2 Å². The summed E-state index contributed by atoms with van der Waals surface area (Å²) in [5, 5.41) is 10.7. The molecule has 0 aliphatic heterocycles. The molecule has 1 heterocycles. The number of hydrogen-bond acceptors (Lipinski definition) is 4. The van der Waals surface area contributed by atoms with E-state index in [1.54, 1.807) is 12.3 Å². The predicted octanol–water partition coefficient (Wildman–Crippen LogP) is -0.383. The van der Waals surface area contributed by atoms with E-state index in [4.69, 9.17) is 4.74 Å². The first kappa shape index (κ1) is 20.4. The molecule has 5 heteroatoms. The van der Waals surface area contributed by atoms with Gasteiger partial charge in [0.15, 0.2) is 0 Å². The molecule has 0 fully saturated rings. The molecule has 0 spiro atoms. The van der Waals surface area contributed by atoms with Gasteiger partial charge in [0.25, 0.3) is 0 Å². The Morgan fingerprint density at radius 3 is 2.50 bits per heavy atom. The van der Waals surface area contributed by atoms with Crippen molar-refractivity contribution >= 4 is 12.0 Å². The number of aromatic nitrogens is 1. The first-order valence-corrected chi connectivity index (χ1v) is 7.55. The summed E-state index contributed by atoms with van der Waals surface area (Å²) in [6, 6.07) is 11.6. The van der Waals surface area contributed by atoms with Gasteiger partial charge in [-0.25, -0.2) is 4.98 Å². The average molecular weight is 333 g/mol. The number of hydrogen-bond donors (Lipinski definition) is 0. The van der Waals surface area contributed by atoms with Crippen LogP contribution in [0.1, 0.15) is 37.5 Å². The maximum atomic E-state index is 10.7. The topological polar surface area (TPSA) is 62.2 Å². The van der Waals surface area contributed by atoms with Crippen LogP contribution < -0.4 is 39.4 Å². The minimum Gasteiger partial charge on any atom is -0.545 e. The zero-order chi connectivity index (χ0) is 16.8. The molecule has 1 aromatic carbocycles. The summed E-state index contributed by atoms with van der Waals surface area (Å²) < 4.78 is 5.73. The number of pyridine rings is 1. The van der Waals surface area contributed by atoms with E-state index in [1.165, 1.54) is 6.92 Å². The number of carboxylic acid groups (broad SMARTS) is 1. The predicted molar refractivity (Wildman–Crippen MR) is 87.9 cm³/mol. The zero-order valence-corrected chi connectivity index (χ0v) is 16.6. The first-order chi connectivity index (χ1) is 11.0. The van der Waals surface area contributed by atoms with Crippen LogP contribution in [0.4, 0.5) is 0 Å². The Morgan fingerprint density at radius 2 is 1.92 bits per heavy atom. The van der Waals surface area contributed by atoms with Crippen molar-refractivity contribution in [2.75, 3.05) is 0 Å². The van der Waals surface area contributed by atoms with Crippen molar-refractivity contribution in [3.05, 3.63) is 64.9 Å². The average Bonchev–Trinajstić information content (AvgIpc) is 2.50. The molecule has 2 rings (SSSR count). The minimum absolute atomic E-state index is 0. The zero-order valence-electron chi connectivity index (χ0n) is 14.6. The molecule has 0 saturated heterocycles. The van der Waals surface area contributed by atoms with Crippen LogP contribution in [0.15, 0.2) is 48.2 Å². The third-order valence-electron chi connectivity index (χ3n) is 3.28. The fourth-order valence-corrected chi connectivity index (χ4v) is 2.15. The molecule has 4 nitrogen and oxygen atoms in total. The summed E-state index contributed by atoms with van der Waals surface area (Å²) in [6.07, 6.45) is 4.09. The third kappa shape index (κ3) is 6.11. The molecule has 1 aromatic heterocycles. The number of ether oxygens (including phenoxy) is 1. The van der Waals surface area contributed by atoms with Gasteiger partial charge in [-0.3, -0.25) is 0 Å². The smallest absolute Gasteiger partial charge is 0.545 e. The molecule has 0 N–H and O–H groups in total. The summed E-state index contributed by atoms with van der Waals surface area (Å²) in [4.78, 5) is 15.0. The number of carboxylic acids is 1. The van der Waals surface area contributed by atoms with E-state index in [0.717, 1.165) is 16.7 Å². The Balaban J connectivity index is 0.00000288. The fraction of sp³-hybridized carbons (Fsp3) is 0.263. The molecule has 24 heavy (non-hydrogen) atoms. The van der Waals surface area contributed by atoms with Gasteiger partial charge in [-0.15, -0.1) is 0 Å². The third-order valence-corrected chi connectivity index (χ3v) is 3.28. The molecule has 0 amide bonds. The Hall–Kier alpha value is -1.62. The molecular formula is C19H20NNaO3. The van der Waals surface area contributed by atoms with Gasteiger partial charge in [-0.2, -0.15) is 0 Å². The number of nitrogens with zero attached hydrogens (tertiary/aromatic N) is 1. The number of carbonyl (C=O) groups is 1. The Kier molecular flexibility index (Phi) is 8.19. The van der Waals surface area contributed by atoms with Crippen LogP contribution >= 0.6 is 0 Å². The van der Waals surface area contributed by atoms with Crippen LogP contribution in [-0.4, -0.2) is 17.1 Å². The van der Waals surface area contributed by atoms with E-state index >= 15 is 0 Å². The maximum absolute atomic E-state index is 10.7. The van der Waals surface area contributed by atoms with Crippen LogP contribution in [0.2, 0.25) is 0 Å². The Bertz CT molecular complexity index is 709. The van der Waals surface area contributed by atoms with Crippen molar-refractivity contribution in [3.63, 3.8) is 0 Å². The van der Waals surface area contributed by atoms with Crippen LogP contribution in [0.3, 0.4) is 0 Å². The largest absolute Gasteiger partial charge is 1.00 e. The van der Waals surface area contributed by atoms with Gasteiger partial charge in [-0.1, -0.05) is 36.4 Å².